The van der Waals surface area contributed by atoms with Crippen LogP contribution in [0.4, 0.5) is 5.82 Å². The molecule has 1 saturated heterocycles. The van der Waals surface area contributed by atoms with Gasteiger partial charge in [0.05, 0.1) is 5.56 Å². The third-order valence-corrected chi connectivity index (χ3v) is 2.84. The van der Waals surface area contributed by atoms with Gasteiger partial charge in [-0.15, -0.1) is 12.4 Å². The van der Waals surface area contributed by atoms with Crippen molar-refractivity contribution < 1.29 is 4.79 Å². The summed E-state index contributed by atoms with van der Waals surface area (Å²) in [6.45, 7) is 3.66. The molecule has 1 aromatic rings. The Morgan fingerprint density at radius 2 is 2.06 bits per heavy atom. The minimum Gasteiger partial charge on any atom is -0.353 e. The van der Waals surface area contributed by atoms with Crippen LogP contribution >= 0.6 is 12.4 Å². The Bertz CT molecular complexity index is 405. The Morgan fingerprint density at radius 1 is 1.39 bits per heavy atom. The standard InChI is InChI=1S/C12H18N4O.ClH/c1-15(2)12(17)10-4-3-5-14-11(10)16-8-6-13-7-9-16;/h3-5,13H,6-9H2,1-2H3;1H. The summed E-state index contributed by atoms with van der Waals surface area (Å²) in [4.78, 5) is 20.2. The van der Waals surface area contributed by atoms with Gasteiger partial charge in [0.25, 0.3) is 5.91 Å². The number of hydrogen-bond donors (Lipinski definition) is 1. The SMILES string of the molecule is CN(C)C(=O)c1cccnc1N1CCNCC1.Cl. The molecule has 0 unspecified atom stereocenters. The van der Waals surface area contributed by atoms with Crippen LogP contribution in [0, 0.1) is 0 Å². The third-order valence-electron chi connectivity index (χ3n) is 2.84. The summed E-state index contributed by atoms with van der Waals surface area (Å²) in [5.41, 5.74) is 0.680. The summed E-state index contributed by atoms with van der Waals surface area (Å²) < 4.78 is 0. The van der Waals surface area contributed by atoms with Crippen LogP contribution in [0.5, 0.6) is 0 Å². The second kappa shape index (κ2) is 6.56. The molecule has 0 bridgehead atoms. The molecule has 2 heterocycles. The molecule has 0 aliphatic carbocycles. The molecule has 100 valence electrons. The highest BCUT2D eigenvalue weighted by Crippen LogP contribution is 2.18. The summed E-state index contributed by atoms with van der Waals surface area (Å²) in [5, 5.41) is 3.29. The molecule has 0 spiro atoms. The van der Waals surface area contributed by atoms with Gasteiger partial charge >= 0.3 is 0 Å². The number of pyridine rings is 1. The lowest BCUT2D eigenvalue weighted by atomic mass is 10.2. The van der Waals surface area contributed by atoms with E-state index < -0.39 is 0 Å². The number of nitrogens with one attached hydrogen (secondary N) is 1. The fraction of sp³-hybridized carbons (Fsp3) is 0.500. The Hall–Kier alpha value is -1.33. The van der Waals surface area contributed by atoms with Crippen molar-refractivity contribution in [3.63, 3.8) is 0 Å². The largest absolute Gasteiger partial charge is 0.353 e. The number of anilines is 1. The average Bonchev–Trinajstić information content (AvgIpc) is 2.39. The smallest absolute Gasteiger partial charge is 0.257 e. The molecule has 0 saturated carbocycles. The van der Waals surface area contributed by atoms with Gasteiger partial charge in [-0.05, 0) is 12.1 Å². The van der Waals surface area contributed by atoms with Crippen LogP contribution in [0.15, 0.2) is 18.3 Å². The minimum atomic E-state index is 0. The Balaban J connectivity index is 0.00000162. The molecule has 1 aliphatic rings. The molecule has 18 heavy (non-hydrogen) atoms. The number of carbonyl (C=O) groups is 1. The van der Waals surface area contributed by atoms with Crippen LogP contribution in [-0.4, -0.2) is 56.1 Å². The fourth-order valence-electron chi connectivity index (χ4n) is 1.93. The lowest BCUT2D eigenvalue weighted by Gasteiger charge is -2.30. The highest BCUT2D eigenvalue weighted by atomic mass is 35.5. The highest BCUT2D eigenvalue weighted by molar-refractivity contribution is 5.98. The second-order valence-electron chi connectivity index (χ2n) is 4.31. The quantitative estimate of drug-likeness (QED) is 0.856. The van der Waals surface area contributed by atoms with Gasteiger partial charge in [0, 0.05) is 46.5 Å². The summed E-state index contributed by atoms with van der Waals surface area (Å²) >= 11 is 0. The number of rotatable bonds is 2. The van der Waals surface area contributed by atoms with Gasteiger partial charge in [-0.25, -0.2) is 4.98 Å². The van der Waals surface area contributed by atoms with Crippen LogP contribution in [0.2, 0.25) is 0 Å². The Kier molecular flexibility index (Phi) is 5.37. The van der Waals surface area contributed by atoms with Crippen LogP contribution in [-0.2, 0) is 0 Å². The summed E-state index contributed by atoms with van der Waals surface area (Å²) in [7, 11) is 3.52. The fourth-order valence-corrected chi connectivity index (χ4v) is 1.93. The first kappa shape index (κ1) is 14.7. The van der Waals surface area contributed by atoms with Crippen LogP contribution in [0.25, 0.3) is 0 Å². The number of piperazine rings is 1. The monoisotopic (exact) mass is 270 g/mol. The van der Waals surface area contributed by atoms with Gasteiger partial charge in [-0.2, -0.15) is 0 Å². The molecule has 0 aromatic carbocycles. The molecular weight excluding hydrogens is 252 g/mol. The molecule has 1 fully saturated rings. The normalized spacial score (nSPS) is 14.9. The van der Waals surface area contributed by atoms with Crippen LogP contribution in [0.3, 0.4) is 0 Å². The van der Waals surface area contributed by atoms with Crippen molar-refractivity contribution in [1.82, 2.24) is 15.2 Å². The predicted octanol–water partition coefficient (Wildman–Crippen LogP) is 0.615. The van der Waals surface area contributed by atoms with Crippen LogP contribution < -0.4 is 10.2 Å². The average molecular weight is 271 g/mol. The predicted molar refractivity (Wildman–Crippen MR) is 74.6 cm³/mol. The molecule has 1 amide bonds. The van der Waals surface area contributed by atoms with Crippen molar-refractivity contribution in [2.45, 2.75) is 0 Å². The number of hydrogen-bond acceptors (Lipinski definition) is 4. The highest BCUT2D eigenvalue weighted by Gasteiger charge is 2.20. The van der Waals surface area contributed by atoms with E-state index in [0.29, 0.717) is 5.56 Å². The van der Waals surface area contributed by atoms with E-state index >= 15 is 0 Å². The molecule has 1 aliphatic heterocycles. The van der Waals surface area contributed by atoms with Gasteiger partial charge < -0.3 is 15.1 Å². The van der Waals surface area contributed by atoms with Gasteiger partial charge in [-0.3, -0.25) is 4.79 Å². The molecule has 1 N–H and O–H groups in total. The second-order valence-corrected chi connectivity index (χ2v) is 4.31. The van der Waals surface area contributed by atoms with Crippen molar-refractivity contribution in [1.29, 1.82) is 0 Å². The zero-order chi connectivity index (χ0) is 12.3. The van der Waals surface area contributed by atoms with E-state index in [-0.39, 0.29) is 18.3 Å². The van der Waals surface area contributed by atoms with Crippen molar-refractivity contribution >= 4 is 24.1 Å². The maximum Gasteiger partial charge on any atom is 0.257 e. The summed E-state index contributed by atoms with van der Waals surface area (Å²) in [5.74, 6) is 0.805. The van der Waals surface area contributed by atoms with E-state index in [4.69, 9.17) is 0 Å². The van der Waals surface area contributed by atoms with Crippen molar-refractivity contribution in [3.8, 4) is 0 Å². The van der Waals surface area contributed by atoms with E-state index in [1.807, 2.05) is 12.1 Å². The maximum atomic E-state index is 12.1. The number of carbonyl (C=O) groups excluding carboxylic acids is 1. The first-order valence-electron chi connectivity index (χ1n) is 5.82. The van der Waals surface area contributed by atoms with Gasteiger partial charge in [-0.1, -0.05) is 0 Å². The van der Waals surface area contributed by atoms with E-state index in [1.165, 1.54) is 0 Å². The van der Waals surface area contributed by atoms with Gasteiger partial charge in [0.1, 0.15) is 5.82 Å². The lowest BCUT2D eigenvalue weighted by molar-refractivity contribution is 0.0827. The Morgan fingerprint density at radius 3 is 2.67 bits per heavy atom. The molecule has 0 radical (unpaired) electrons. The topological polar surface area (TPSA) is 48.5 Å². The van der Waals surface area contributed by atoms with E-state index in [1.54, 1.807) is 25.2 Å². The van der Waals surface area contributed by atoms with E-state index in [0.717, 1.165) is 32.0 Å². The molecule has 1 aromatic heterocycles. The summed E-state index contributed by atoms with van der Waals surface area (Å²) in [6.07, 6.45) is 1.74. The molecular formula is C12H19ClN4O. The Labute approximate surface area is 114 Å². The third kappa shape index (κ3) is 3.11. The number of aromatic nitrogens is 1. The number of nitrogens with zero attached hydrogens (tertiary/aromatic N) is 3. The van der Waals surface area contributed by atoms with Crippen molar-refractivity contribution in [3.05, 3.63) is 23.9 Å². The minimum absolute atomic E-state index is 0. The zero-order valence-corrected chi connectivity index (χ0v) is 11.5. The van der Waals surface area contributed by atoms with Crippen molar-refractivity contribution in [2.24, 2.45) is 0 Å². The number of amides is 1. The first-order valence-corrected chi connectivity index (χ1v) is 5.82. The maximum absolute atomic E-state index is 12.1. The van der Waals surface area contributed by atoms with Gasteiger partial charge in [0.15, 0.2) is 0 Å². The van der Waals surface area contributed by atoms with Crippen molar-refractivity contribution in [2.75, 3.05) is 45.2 Å². The van der Waals surface area contributed by atoms with E-state index in [2.05, 4.69) is 15.2 Å². The first-order chi connectivity index (χ1) is 8.20. The zero-order valence-electron chi connectivity index (χ0n) is 10.7. The summed E-state index contributed by atoms with van der Waals surface area (Å²) in [6, 6.07) is 3.65. The molecule has 5 nitrogen and oxygen atoms in total. The molecule has 0 atom stereocenters. The molecule has 2 rings (SSSR count). The lowest BCUT2D eigenvalue weighted by Crippen LogP contribution is -2.44. The van der Waals surface area contributed by atoms with Crippen LogP contribution in [0.1, 0.15) is 10.4 Å². The van der Waals surface area contributed by atoms with Gasteiger partial charge in [0.2, 0.25) is 0 Å². The number of halogens is 1. The van der Waals surface area contributed by atoms with E-state index in [9.17, 15) is 4.79 Å². The molecule has 6 heteroatoms.